The van der Waals surface area contributed by atoms with Crippen molar-refractivity contribution in [3.8, 4) is 0 Å². The number of ether oxygens (including phenoxy) is 2. The highest BCUT2D eigenvalue weighted by atomic mass is 35.5. The van der Waals surface area contributed by atoms with Gasteiger partial charge in [0.15, 0.2) is 0 Å². The molecule has 5 nitrogen and oxygen atoms in total. The van der Waals surface area contributed by atoms with Crippen LogP contribution in [0.1, 0.15) is 0 Å². The van der Waals surface area contributed by atoms with Gasteiger partial charge >= 0.3 is 5.97 Å². The van der Waals surface area contributed by atoms with E-state index in [0.29, 0.717) is 23.1 Å². The molecule has 0 radical (unpaired) electrons. The minimum atomic E-state index is -1.01. The summed E-state index contributed by atoms with van der Waals surface area (Å²) in [6.45, 7) is 4.22. The van der Waals surface area contributed by atoms with Crippen LogP contribution in [0.25, 0.3) is 0 Å². The van der Waals surface area contributed by atoms with Crippen molar-refractivity contribution in [1.82, 2.24) is 5.32 Å². The lowest BCUT2D eigenvalue weighted by atomic mass is 10.2. The second-order valence-electron chi connectivity index (χ2n) is 3.31. The first-order chi connectivity index (χ1) is 8.08. The minimum absolute atomic E-state index is 0.272. The summed E-state index contributed by atoms with van der Waals surface area (Å²) in [7, 11) is 1.46. The molecular formula is C11H14ClNO4. The Morgan fingerprint density at radius 1 is 1.76 bits per heavy atom. The maximum absolute atomic E-state index is 10.8. The molecule has 0 aromatic heterocycles. The molecule has 17 heavy (non-hydrogen) atoms. The summed E-state index contributed by atoms with van der Waals surface area (Å²) in [5.41, 5.74) is 0. The molecule has 1 heterocycles. The lowest BCUT2D eigenvalue weighted by Crippen LogP contribution is -2.42. The van der Waals surface area contributed by atoms with Crippen molar-refractivity contribution in [2.75, 3.05) is 20.2 Å². The molecule has 1 aliphatic rings. The number of allylic oxidation sites excluding steroid dienone is 3. The average molecular weight is 260 g/mol. The Bertz CT molecular complexity index is 376. The smallest absolute Gasteiger partial charge is 0.346 e. The number of rotatable bonds is 4. The minimum Gasteiger partial charge on any atom is -0.495 e. The molecule has 0 saturated carbocycles. The fraction of sp³-hybridized carbons (Fsp3) is 0.364. The average Bonchev–Trinajstić information content (AvgIpc) is 2.35. The van der Waals surface area contributed by atoms with Crippen molar-refractivity contribution in [2.45, 2.75) is 6.10 Å². The van der Waals surface area contributed by atoms with E-state index in [1.54, 1.807) is 6.08 Å². The number of carbonyl (C=O) groups is 1. The van der Waals surface area contributed by atoms with E-state index < -0.39 is 12.1 Å². The first-order valence-electron chi connectivity index (χ1n) is 4.95. The van der Waals surface area contributed by atoms with Gasteiger partial charge in [-0.05, 0) is 6.08 Å². The molecule has 1 aliphatic heterocycles. The highest BCUT2D eigenvalue weighted by Crippen LogP contribution is 2.17. The van der Waals surface area contributed by atoms with Gasteiger partial charge in [0.1, 0.15) is 11.5 Å². The Balaban J connectivity index is 2.84. The standard InChI is InChI=1S/C11H14ClNO4/c1-3-8(12)9(16-2)4-7-5-13-6-10(17-7)11(14)15/h3-4,10,13H,1,5-6H2,2H3,(H,14,15)/b7-4+,9-8-. The van der Waals surface area contributed by atoms with Crippen molar-refractivity contribution in [3.63, 3.8) is 0 Å². The predicted molar refractivity (Wildman–Crippen MR) is 63.5 cm³/mol. The highest BCUT2D eigenvalue weighted by Gasteiger charge is 2.24. The number of aliphatic carboxylic acids is 1. The number of hydrogen-bond donors (Lipinski definition) is 2. The lowest BCUT2D eigenvalue weighted by molar-refractivity contribution is -0.148. The molecule has 0 bridgehead atoms. The SMILES string of the molecule is C=C/C(Cl)=C(\C=C1/CNCC(C(=O)O)O1)OC. The van der Waals surface area contributed by atoms with Crippen molar-refractivity contribution in [1.29, 1.82) is 0 Å². The van der Waals surface area contributed by atoms with Gasteiger partial charge in [0.05, 0.1) is 18.7 Å². The van der Waals surface area contributed by atoms with Crippen molar-refractivity contribution in [3.05, 3.63) is 35.3 Å². The summed E-state index contributed by atoms with van der Waals surface area (Å²) in [5, 5.41) is 12.1. The number of carboxylic acids is 1. The van der Waals surface area contributed by atoms with Crippen LogP contribution < -0.4 is 5.32 Å². The molecule has 0 aliphatic carbocycles. The lowest BCUT2D eigenvalue weighted by Gasteiger charge is -2.24. The molecule has 2 N–H and O–H groups in total. The first kappa shape index (κ1) is 13.6. The maximum Gasteiger partial charge on any atom is 0.346 e. The topological polar surface area (TPSA) is 67.8 Å². The van der Waals surface area contributed by atoms with Gasteiger partial charge in [0.25, 0.3) is 0 Å². The number of carboxylic acid groups (broad SMARTS) is 1. The zero-order valence-electron chi connectivity index (χ0n) is 9.40. The molecule has 0 aromatic rings. The highest BCUT2D eigenvalue weighted by molar-refractivity contribution is 6.31. The van der Waals surface area contributed by atoms with Gasteiger partial charge in [-0.2, -0.15) is 0 Å². The normalized spacial score (nSPS) is 23.6. The molecule has 0 aromatic carbocycles. The van der Waals surface area contributed by atoms with Crippen LogP contribution >= 0.6 is 11.6 Å². The third-order valence-electron chi connectivity index (χ3n) is 2.12. The summed E-state index contributed by atoms with van der Waals surface area (Å²) >= 11 is 5.85. The molecular weight excluding hydrogens is 246 g/mol. The second-order valence-corrected chi connectivity index (χ2v) is 3.71. The molecule has 94 valence electrons. The molecule has 1 saturated heterocycles. The third kappa shape index (κ3) is 3.80. The van der Waals surface area contributed by atoms with Gasteiger partial charge in [0.2, 0.25) is 6.10 Å². The summed E-state index contributed by atoms with van der Waals surface area (Å²) < 4.78 is 10.3. The monoisotopic (exact) mass is 259 g/mol. The predicted octanol–water partition coefficient (Wildman–Crippen LogP) is 1.23. The van der Waals surface area contributed by atoms with Gasteiger partial charge in [-0.3, -0.25) is 0 Å². The van der Waals surface area contributed by atoms with E-state index in [9.17, 15) is 4.79 Å². The van der Waals surface area contributed by atoms with Crippen molar-refractivity contribution >= 4 is 17.6 Å². The molecule has 1 rings (SSSR count). The van der Waals surface area contributed by atoms with Crippen molar-refractivity contribution in [2.24, 2.45) is 0 Å². The Hall–Kier alpha value is -1.46. The fourth-order valence-corrected chi connectivity index (χ4v) is 1.42. The van der Waals surface area contributed by atoms with E-state index in [1.807, 2.05) is 0 Å². The third-order valence-corrected chi connectivity index (χ3v) is 2.47. The van der Waals surface area contributed by atoms with Gasteiger partial charge in [-0.25, -0.2) is 4.79 Å². The van der Waals surface area contributed by atoms with E-state index in [1.165, 1.54) is 13.2 Å². The van der Waals surface area contributed by atoms with Crippen LogP contribution in [0, 0.1) is 0 Å². The van der Waals surface area contributed by atoms with Gasteiger partial charge in [-0.1, -0.05) is 18.2 Å². The Morgan fingerprint density at radius 3 is 3.00 bits per heavy atom. The van der Waals surface area contributed by atoms with Crippen molar-refractivity contribution < 1.29 is 19.4 Å². The summed E-state index contributed by atoms with van der Waals surface area (Å²) in [5.74, 6) is -0.175. The van der Waals surface area contributed by atoms with Crippen LogP contribution in [0.2, 0.25) is 0 Å². The Labute approximate surface area is 104 Å². The largest absolute Gasteiger partial charge is 0.495 e. The number of halogens is 1. The first-order valence-corrected chi connectivity index (χ1v) is 5.33. The second kappa shape index (κ2) is 6.32. The summed E-state index contributed by atoms with van der Waals surface area (Å²) in [6.07, 6.45) is 2.09. The Morgan fingerprint density at radius 2 is 2.47 bits per heavy atom. The van der Waals surface area contributed by atoms with Crippen LogP contribution in [0.15, 0.2) is 35.3 Å². The molecule has 0 spiro atoms. The van der Waals surface area contributed by atoms with Crippen LogP contribution in [0.5, 0.6) is 0 Å². The number of hydrogen-bond acceptors (Lipinski definition) is 4. The number of methoxy groups -OCH3 is 1. The van der Waals surface area contributed by atoms with E-state index in [2.05, 4.69) is 11.9 Å². The fourth-order valence-electron chi connectivity index (χ4n) is 1.29. The maximum atomic E-state index is 10.8. The summed E-state index contributed by atoms with van der Waals surface area (Å²) in [6, 6.07) is 0. The van der Waals surface area contributed by atoms with Gasteiger partial charge in [0, 0.05) is 12.6 Å². The number of nitrogens with one attached hydrogen (secondary N) is 1. The quantitative estimate of drug-likeness (QED) is 0.587. The molecule has 0 amide bonds. The Kier molecular flexibility index (Phi) is 5.06. The summed E-state index contributed by atoms with van der Waals surface area (Å²) in [4.78, 5) is 10.8. The zero-order valence-corrected chi connectivity index (χ0v) is 10.2. The van der Waals surface area contributed by atoms with Gasteiger partial charge < -0.3 is 19.9 Å². The van der Waals surface area contributed by atoms with E-state index in [0.717, 1.165) is 0 Å². The van der Waals surface area contributed by atoms with E-state index in [4.69, 9.17) is 26.2 Å². The molecule has 1 fully saturated rings. The van der Waals surface area contributed by atoms with E-state index >= 15 is 0 Å². The van der Waals surface area contributed by atoms with Crippen LogP contribution in [-0.2, 0) is 14.3 Å². The van der Waals surface area contributed by atoms with Gasteiger partial charge in [-0.15, -0.1) is 0 Å². The van der Waals surface area contributed by atoms with Crippen LogP contribution in [0.4, 0.5) is 0 Å². The molecule has 1 atom stereocenters. The molecule has 1 unspecified atom stereocenters. The number of morpholine rings is 1. The van der Waals surface area contributed by atoms with E-state index in [-0.39, 0.29) is 6.54 Å². The van der Waals surface area contributed by atoms with Crippen LogP contribution in [0.3, 0.4) is 0 Å². The van der Waals surface area contributed by atoms with Crippen LogP contribution in [-0.4, -0.2) is 37.4 Å². The zero-order chi connectivity index (χ0) is 12.8. The molecule has 6 heteroatoms.